The topological polar surface area (TPSA) is 56.3 Å². The Kier molecular flexibility index (Phi) is 5.24. The van der Waals surface area contributed by atoms with Crippen LogP contribution in [0, 0.1) is 17.3 Å². The second kappa shape index (κ2) is 7.81. The quantitative estimate of drug-likeness (QED) is 0.591. The fraction of sp³-hybridized carbons (Fsp3) is 0.593. The first-order chi connectivity index (χ1) is 15.0. The highest BCUT2D eigenvalue weighted by Crippen LogP contribution is 2.61. The summed E-state index contributed by atoms with van der Waals surface area (Å²) in [5.41, 5.74) is 4.30. The standard InChI is InChI=1S/C27H36N2O2/c1-4-13-29-16-18(26(30)31)14-20-19-9-8-10-22-23(19)21(15-28-22)24(25(20)29)27(17(2)3)11-6-5-7-12-27/h4,8-10,15,17-18,20,24-25,28H,1,5-7,11-14,16H2,2-3H3,(H,30,31)/t18?,20-,24?,25+/m1/s1. The number of aliphatic carboxylic acids is 1. The number of piperidine rings is 1. The monoisotopic (exact) mass is 420 g/mol. The van der Waals surface area contributed by atoms with Crippen LogP contribution in [0.25, 0.3) is 10.9 Å². The van der Waals surface area contributed by atoms with Gasteiger partial charge in [0.05, 0.1) is 5.92 Å². The van der Waals surface area contributed by atoms with Crippen molar-refractivity contribution in [2.75, 3.05) is 13.1 Å². The molecule has 31 heavy (non-hydrogen) atoms. The van der Waals surface area contributed by atoms with Crippen molar-refractivity contribution in [3.8, 4) is 0 Å². The summed E-state index contributed by atoms with van der Waals surface area (Å²) in [6, 6.07) is 6.91. The van der Waals surface area contributed by atoms with E-state index in [-0.39, 0.29) is 17.3 Å². The van der Waals surface area contributed by atoms with E-state index in [1.165, 1.54) is 54.1 Å². The van der Waals surface area contributed by atoms with Crippen molar-refractivity contribution >= 4 is 16.9 Å². The summed E-state index contributed by atoms with van der Waals surface area (Å²) < 4.78 is 0. The molecule has 4 nitrogen and oxygen atoms in total. The molecule has 2 heterocycles. The third kappa shape index (κ3) is 3.09. The average molecular weight is 421 g/mol. The van der Waals surface area contributed by atoms with Crippen LogP contribution in [-0.2, 0) is 4.79 Å². The molecule has 0 spiro atoms. The minimum Gasteiger partial charge on any atom is -0.481 e. The molecule has 0 amide bonds. The Morgan fingerprint density at radius 2 is 2.06 bits per heavy atom. The molecule has 2 aromatic rings. The van der Waals surface area contributed by atoms with Crippen LogP contribution in [0.15, 0.2) is 37.1 Å². The van der Waals surface area contributed by atoms with Crippen molar-refractivity contribution in [2.24, 2.45) is 17.3 Å². The Labute approximate surface area is 185 Å². The van der Waals surface area contributed by atoms with Gasteiger partial charge >= 0.3 is 5.97 Å². The predicted octanol–water partition coefficient (Wildman–Crippen LogP) is 5.92. The van der Waals surface area contributed by atoms with E-state index in [4.69, 9.17) is 0 Å². The molecule has 0 radical (unpaired) electrons. The number of hydrogen-bond donors (Lipinski definition) is 2. The third-order valence-corrected chi connectivity index (χ3v) is 8.94. The fourth-order valence-electron chi connectivity index (χ4n) is 7.56. The summed E-state index contributed by atoms with van der Waals surface area (Å²) in [5.74, 6) is 0.295. The molecule has 2 N–H and O–H groups in total. The number of nitrogens with zero attached hydrogens (tertiary/aromatic N) is 1. The van der Waals surface area contributed by atoms with E-state index in [0.717, 1.165) is 13.0 Å². The Morgan fingerprint density at radius 3 is 2.74 bits per heavy atom. The lowest BCUT2D eigenvalue weighted by Crippen LogP contribution is -2.57. The molecule has 1 aliphatic heterocycles. The maximum Gasteiger partial charge on any atom is 0.307 e. The number of aromatic amines is 1. The largest absolute Gasteiger partial charge is 0.481 e. The molecule has 2 aliphatic carbocycles. The number of H-pyrrole nitrogens is 1. The molecule has 1 aromatic heterocycles. The number of hydrogen-bond acceptors (Lipinski definition) is 2. The van der Waals surface area contributed by atoms with Gasteiger partial charge in [-0.05, 0) is 47.8 Å². The van der Waals surface area contributed by atoms with E-state index in [0.29, 0.717) is 24.4 Å². The molecule has 1 aromatic carbocycles. The fourth-order valence-corrected chi connectivity index (χ4v) is 7.56. The van der Waals surface area contributed by atoms with Gasteiger partial charge in [0.1, 0.15) is 0 Å². The zero-order valence-corrected chi connectivity index (χ0v) is 18.9. The van der Waals surface area contributed by atoms with Gasteiger partial charge in [0.15, 0.2) is 0 Å². The van der Waals surface area contributed by atoms with Crippen LogP contribution in [0.4, 0.5) is 0 Å². The average Bonchev–Trinajstić information content (AvgIpc) is 3.19. The Bertz CT molecular complexity index is 984. The number of carboxylic acids is 1. The molecular formula is C27H36N2O2. The summed E-state index contributed by atoms with van der Waals surface area (Å²) >= 11 is 0. The van der Waals surface area contributed by atoms with E-state index in [9.17, 15) is 9.90 Å². The smallest absolute Gasteiger partial charge is 0.307 e. The number of carbonyl (C=O) groups is 1. The van der Waals surface area contributed by atoms with E-state index >= 15 is 0 Å². The number of nitrogens with one attached hydrogen (secondary N) is 1. The normalized spacial score (nSPS) is 30.3. The highest BCUT2D eigenvalue weighted by Gasteiger charge is 2.55. The van der Waals surface area contributed by atoms with Gasteiger partial charge in [0.2, 0.25) is 0 Å². The van der Waals surface area contributed by atoms with Gasteiger partial charge in [-0.3, -0.25) is 9.69 Å². The highest BCUT2D eigenvalue weighted by atomic mass is 16.4. The third-order valence-electron chi connectivity index (χ3n) is 8.94. The molecular weight excluding hydrogens is 384 g/mol. The van der Waals surface area contributed by atoms with Crippen LogP contribution in [0.3, 0.4) is 0 Å². The molecule has 3 aliphatic rings. The second-order valence-electron chi connectivity index (χ2n) is 10.6. The molecule has 5 rings (SSSR count). The van der Waals surface area contributed by atoms with E-state index in [1.807, 2.05) is 6.08 Å². The van der Waals surface area contributed by atoms with Crippen molar-refractivity contribution in [3.63, 3.8) is 0 Å². The summed E-state index contributed by atoms with van der Waals surface area (Å²) in [6.45, 7) is 10.3. The Hall–Kier alpha value is -2.07. The van der Waals surface area contributed by atoms with Crippen molar-refractivity contribution in [2.45, 2.75) is 70.3 Å². The van der Waals surface area contributed by atoms with E-state index in [2.05, 4.69) is 54.7 Å². The minimum absolute atomic E-state index is 0.254. The number of likely N-dealkylation sites (tertiary alicyclic amines) is 1. The maximum absolute atomic E-state index is 12.1. The number of benzene rings is 1. The van der Waals surface area contributed by atoms with Crippen LogP contribution in [0.5, 0.6) is 0 Å². The van der Waals surface area contributed by atoms with Crippen molar-refractivity contribution in [3.05, 3.63) is 48.2 Å². The van der Waals surface area contributed by atoms with Gasteiger partial charge in [-0.2, -0.15) is 0 Å². The maximum atomic E-state index is 12.1. The lowest BCUT2D eigenvalue weighted by Gasteiger charge is -2.57. The van der Waals surface area contributed by atoms with Crippen LogP contribution in [0.1, 0.15) is 75.3 Å². The number of carboxylic acid groups (broad SMARTS) is 1. The molecule has 2 unspecified atom stereocenters. The summed E-state index contributed by atoms with van der Waals surface area (Å²) in [7, 11) is 0. The van der Waals surface area contributed by atoms with Gasteiger partial charge < -0.3 is 10.1 Å². The van der Waals surface area contributed by atoms with Crippen molar-refractivity contribution in [1.29, 1.82) is 0 Å². The van der Waals surface area contributed by atoms with Crippen LogP contribution in [0.2, 0.25) is 0 Å². The van der Waals surface area contributed by atoms with Crippen LogP contribution < -0.4 is 0 Å². The SMILES string of the molecule is C=CCN1CC(C(=O)O)C[C@@H]2c3cccc4[nH]cc(c34)C(C3(C(C)C)CCCCC3)[C@H]21. The minimum atomic E-state index is -0.660. The zero-order chi connectivity index (χ0) is 21.8. The van der Waals surface area contributed by atoms with Gasteiger partial charge in [0.25, 0.3) is 0 Å². The highest BCUT2D eigenvalue weighted by molar-refractivity contribution is 5.89. The van der Waals surface area contributed by atoms with Gasteiger partial charge in [0, 0.05) is 48.1 Å². The van der Waals surface area contributed by atoms with E-state index < -0.39 is 5.97 Å². The molecule has 166 valence electrons. The summed E-state index contributed by atoms with van der Waals surface area (Å²) in [5, 5.41) is 11.3. The summed E-state index contributed by atoms with van der Waals surface area (Å²) in [6.07, 6.45) is 11.5. The lowest BCUT2D eigenvalue weighted by molar-refractivity contribution is -0.145. The molecule has 1 saturated carbocycles. The first kappa shape index (κ1) is 20.8. The Morgan fingerprint density at radius 1 is 1.29 bits per heavy atom. The van der Waals surface area contributed by atoms with Gasteiger partial charge in [-0.1, -0.05) is 51.3 Å². The van der Waals surface area contributed by atoms with Crippen molar-refractivity contribution < 1.29 is 9.90 Å². The van der Waals surface area contributed by atoms with Gasteiger partial charge in [-0.15, -0.1) is 6.58 Å². The first-order valence-electron chi connectivity index (χ1n) is 12.2. The first-order valence-corrected chi connectivity index (χ1v) is 12.2. The molecule has 0 bridgehead atoms. The molecule has 4 atom stereocenters. The van der Waals surface area contributed by atoms with E-state index in [1.54, 1.807) is 0 Å². The molecule has 2 fully saturated rings. The van der Waals surface area contributed by atoms with Crippen LogP contribution >= 0.6 is 0 Å². The van der Waals surface area contributed by atoms with Crippen molar-refractivity contribution in [1.82, 2.24) is 9.88 Å². The summed E-state index contributed by atoms with van der Waals surface area (Å²) in [4.78, 5) is 18.2. The molecule has 4 heteroatoms. The lowest BCUT2D eigenvalue weighted by atomic mass is 9.52. The molecule has 1 saturated heterocycles. The second-order valence-corrected chi connectivity index (χ2v) is 10.6. The van der Waals surface area contributed by atoms with Gasteiger partial charge in [-0.25, -0.2) is 0 Å². The number of aromatic nitrogens is 1. The Balaban J connectivity index is 1.74. The van der Waals surface area contributed by atoms with Crippen LogP contribution in [-0.4, -0.2) is 40.1 Å². The number of rotatable bonds is 5. The zero-order valence-electron chi connectivity index (χ0n) is 18.9. The number of fused-ring (bicyclic) bond motifs is 2. The predicted molar refractivity (Wildman–Crippen MR) is 125 cm³/mol.